The minimum atomic E-state index is 0.0881. The molecule has 118 valence electrons. The number of alkyl halides is 1. The lowest BCUT2D eigenvalue weighted by molar-refractivity contribution is 0.0682. The number of hydrogen-bond acceptors (Lipinski definition) is 2. The molecule has 0 unspecified atom stereocenters. The van der Waals surface area contributed by atoms with E-state index in [1.54, 1.807) is 0 Å². The van der Waals surface area contributed by atoms with E-state index < -0.39 is 0 Å². The van der Waals surface area contributed by atoms with Crippen LogP contribution in [0.15, 0.2) is 24.3 Å². The summed E-state index contributed by atoms with van der Waals surface area (Å²) in [7, 11) is 0. The molecule has 4 heteroatoms. The Labute approximate surface area is 136 Å². The van der Waals surface area contributed by atoms with Crippen molar-refractivity contribution in [2.75, 3.05) is 18.5 Å². The Morgan fingerprint density at radius 3 is 2.57 bits per heavy atom. The van der Waals surface area contributed by atoms with Crippen LogP contribution in [-0.2, 0) is 0 Å². The molecule has 0 saturated carbocycles. The summed E-state index contributed by atoms with van der Waals surface area (Å²) in [4.78, 5) is 14.7. The molecule has 21 heavy (non-hydrogen) atoms. The molecule has 0 spiro atoms. The number of nitrogens with zero attached hydrogens (tertiary/aromatic N) is 1. The molecule has 0 N–H and O–H groups in total. The molecular formula is C17H26BrNO2. The van der Waals surface area contributed by atoms with Crippen molar-refractivity contribution in [3.63, 3.8) is 0 Å². The van der Waals surface area contributed by atoms with Gasteiger partial charge in [0.1, 0.15) is 5.75 Å². The van der Waals surface area contributed by atoms with Gasteiger partial charge in [0, 0.05) is 23.5 Å². The first-order valence-corrected chi connectivity index (χ1v) is 8.89. The first-order chi connectivity index (χ1) is 10.2. The molecule has 0 heterocycles. The molecule has 0 aliphatic carbocycles. The van der Waals surface area contributed by atoms with Crippen LogP contribution in [-0.4, -0.2) is 35.3 Å². The summed E-state index contributed by atoms with van der Waals surface area (Å²) in [5, 5.41) is 0.793. The number of ether oxygens (including phenoxy) is 1. The summed E-state index contributed by atoms with van der Waals surface area (Å²) >= 11 is 3.45. The van der Waals surface area contributed by atoms with Crippen LogP contribution >= 0.6 is 15.9 Å². The highest BCUT2D eigenvalue weighted by atomic mass is 79.9. The molecule has 3 nitrogen and oxygen atoms in total. The first-order valence-electron chi connectivity index (χ1n) is 7.77. The summed E-state index contributed by atoms with van der Waals surface area (Å²) in [6, 6.07) is 7.79. The van der Waals surface area contributed by atoms with Gasteiger partial charge in [0.05, 0.1) is 6.61 Å². The van der Waals surface area contributed by atoms with Crippen molar-refractivity contribution in [2.45, 2.75) is 46.1 Å². The Bertz CT molecular complexity index is 433. The van der Waals surface area contributed by atoms with Gasteiger partial charge in [-0.25, -0.2) is 0 Å². The lowest BCUT2D eigenvalue weighted by atomic mass is 10.1. The molecule has 1 aromatic carbocycles. The zero-order valence-corrected chi connectivity index (χ0v) is 14.9. The summed E-state index contributed by atoms with van der Waals surface area (Å²) < 4.78 is 5.62. The normalized spacial score (nSPS) is 10.7. The van der Waals surface area contributed by atoms with Crippen molar-refractivity contribution >= 4 is 21.8 Å². The average molecular weight is 356 g/mol. The zero-order chi connectivity index (χ0) is 15.7. The van der Waals surface area contributed by atoms with Gasteiger partial charge in [-0.3, -0.25) is 4.79 Å². The van der Waals surface area contributed by atoms with E-state index in [4.69, 9.17) is 4.74 Å². The van der Waals surface area contributed by atoms with Gasteiger partial charge in [-0.1, -0.05) is 42.8 Å². The second-order valence-corrected chi connectivity index (χ2v) is 5.83. The van der Waals surface area contributed by atoms with Gasteiger partial charge in [0.25, 0.3) is 5.91 Å². The molecule has 0 radical (unpaired) electrons. The molecule has 0 atom stereocenters. The van der Waals surface area contributed by atoms with Crippen LogP contribution in [0.3, 0.4) is 0 Å². The summed E-state index contributed by atoms with van der Waals surface area (Å²) in [6.07, 6.45) is 2.91. The summed E-state index contributed by atoms with van der Waals surface area (Å²) in [5.41, 5.74) is 0.705. The number of hydrogen-bond donors (Lipinski definition) is 0. The maximum absolute atomic E-state index is 12.8. The highest BCUT2D eigenvalue weighted by molar-refractivity contribution is 9.09. The van der Waals surface area contributed by atoms with Crippen LogP contribution in [0, 0.1) is 0 Å². The Morgan fingerprint density at radius 1 is 1.29 bits per heavy atom. The molecule has 1 rings (SSSR count). The van der Waals surface area contributed by atoms with E-state index in [0.29, 0.717) is 12.2 Å². The Hall–Kier alpha value is -1.03. The minimum absolute atomic E-state index is 0.0881. The number of amides is 1. The van der Waals surface area contributed by atoms with Crippen molar-refractivity contribution in [3.05, 3.63) is 29.8 Å². The molecule has 1 amide bonds. The number of carbonyl (C=O) groups excluding carboxylic acids is 1. The van der Waals surface area contributed by atoms with E-state index >= 15 is 0 Å². The van der Waals surface area contributed by atoms with Crippen LogP contribution in [0.2, 0.25) is 0 Å². The van der Waals surface area contributed by atoms with Crippen LogP contribution in [0.25, 0.3) is 0 Å². The highest BCUT2D eigenvalue weighted by Gasteiger charge is 2.22. The maximum atomic E-state index is 12.8. The average Bonchev–Trinajstić information content (AvgIpc) is 2.52. The fourth-order valence-electron chi connectivity index (χ4n) is 2.38. The quantitative estimate of drug-likeness (QED) is 0.610. The third kappa shape index (κ3) is 5.34. The summed E-state index contributed by atoms with van der Waals surface area (Å²) in [6.45, 7) is 7.73. The van der Waals surface area contributed by atoms with Gasteiger partial charge in [0.2, 0.25) is 0 Å². The molecule has 0 saturated heterocycles. The molecule has 0 fully saturated rings. The Kier molecular flexibility index (Phi) is 8.43. The largest absolute Gasteiger partial charge is 0.494 e. The molecule has 1 aromatic rings. The van der Waals surface area contributed by atoms with E-state index in [2.05, 4.69) is 36.7 Å². The van der Waals surface area contributed by atoms with Gasteiger partial charge in [-0.2, -0.15) is 0 Å². The fourth-order valence-corrected chi connectivity index (χ4v) is 2.76. The van der Waals surface area contributed by atoms with E-state index in [1.807, 2.05) is 29.2 Å². The molecule has 0 bridgehead atoms. The predicted octanol–water partition coefficient (Wildman–Crippen LogP) is 4.50. The maximum Gasteiger partial charge on any atom is 0.254 e. The van der Waals surface area contributed by atoms with Gasteiger partial charge >= 0.3 is 0 Å². The number of halogens is 1. The smallest absolute Gasteiger partial charge is 0.254 e. The third-order valence-corrected chi connectivity index (χ3v) is 3.88. The van der Waals surface area contributed by atoms with E-state index in [0.717, 1.165) is 36.9 Å². The Morgan fingerprint density at radius 2 is 2.00 bits per heavy atom. The molecule has 0 aliphatic heterocycles. The van der Waals surface area contributed by atoms with E-state index in [1.165, 1.54) is 0 Å². The van der Waals surface area contributed by atoms with Crippen molar-refractivity contribution < 1.29 is 9.53 Å². The van der Waals surface area contributed by atoms with Crippen LogP contribution in [0.1, 0.15) is 50.4 Å². The summed E-state index contributed by atoms with van der Waals surface area (Å²) in [5.74, 6) is 0.858. The number of rotatable bonds is 9. The van der Waals surface area contributed by atoms with Crippen LogP contribution in [0.4, 0.5) is 0 Å². The Balaban J connectivity index is 2.92. The van der Waals surface area contributed by atoms with Gasteiger partial charge in [-0.15, -0.1) is 0 Å². The van der Waals surface area contributed by atoms with Crippen LogP contribution in [0.5, 0.6) is 5.75 Å². The lowest BCUT2D eigenvalue weighted by Gasteiger charge is -2.30. The topological polar surface area (TPSA) is 29.5 Å². The van der Waals surface area contributed by atoms with Crippen molar-refractivity contribution in [2.24, 2.45) is 0 Å². The fraction of sp³-hybridized carbons (Fsp3) is 0.588. The van der Waals surface area contributed by atoms with Gasteiger partial charge < -0.3 is 9.64 Å². The van der Waals surface area contributed by atoms with Gasteiger partial charge in [0.15, 0.2) is 0 Å². The second-order valence-electron chi connectivity index (χ2n) is 5.03. The third-order valence-electron chi connectivity index (χ3n) is 3.52. The SMILES string of the molecule is CCCOc1cccc(C(=O)N(CCBr)C(CC)CC)c1. The predicted molar refractivity (Wildman–Crippen MR) is 91.4 cm³/mol. The van der Waals surface area contributed by atoms with Crippen LogP contribution < -0.4 is 4.74 Å². The number of benzene rings is 1. The molecule has 0 aromatic heterocycles. The van der Waals surface area contributed by atoms with Crippen molar-refractivity contribution in [1.29, 1.82) is 0 Å². The highest BCUT2D eigenvalue weighted by Crippen LogP contribution is 2.18. The molecular weight excluding hydrogens is 330 g/mol. The van der Waals surface area contributed by atoms with Crippen molar-refractivity contribution in [1.82, 2.24) is 4.90 Å². The first kappa shape index (κ1) is 18.0. The standard InChI is InChI=1S/C17H26BrNO2/c1-4-12-21-16-9-7-8-14(13-16)17(20)19(11-10-18)15(5-2)6-3/h7-9,13,15H,4-6,10-12H2,1-3H3. The number of carbonyl (C=O) groups is 1. The lowest BCUT2D eigenvalue weighted by Crippen LogP contribution is -2.41. The van der Waals surface area contributed by atoms with E-state index in [9.17, 15) is 4.79 Å². The van der Waals surface area contributed by atoms with E-state index in [-0.39, 0.29) is 11.9 Å². The zero-order valence-electron chi connectivity index (χ0n) is 13.3. The molecule has 0 aliphatic rings. The monoisotopic (exact) mass is 355 g/mol. The van der Waals surface area contributed by atoms with Gasteiger partial charge in [-0.05, 0) is 37.5 Å². The minimum Gasteiger partial charge on any atom is -0.494 e. The van der Waals surface area contributed by atoms with Crippen molar-refractivity contribution in [3.8, 4) is 5.75 Å². The second kappa shape index (κ2) is 9.82.